The summed E-state index contributed by atoms with van der Waals surface area (Å²) in [6.07, 6.45) is 5.33. The maximum atomic E-state index is 12.0. The molecule has 2 aromatic heterocycles. The molecule has 1 fully saturated rings. The Hall–Kier alpha value is -2.15. The fourth-order valence-corrected chi connectivity index (χ4v) is 3.49. The number of aryl methyl sites for hydroxylation is 1. The van der Waals surface area contributed by atoms with Crippen molar-refractivity contribution in [1.29, 1.82) is 0 Å². The molecule has 7 heteroatoms. The molecule has 1 saturated heterocycles. The molecule has 0 atom stereocenters. The van der Waals surface area contributed by atoms with Crippen molar-refractivity contribution in [1.82, 2.24) is 20.6 Å². The van der Waals surface area contributed by atoms with Gasteiger partial charge in [-0.1, -0.05) is 0 Å². The third-order valence-corrected chi connectivity index (χ3v) is 4.89. The average molecular weight is 331 g/mol. The first-order valence-electron chi connectivity index (χ1n) is 7.82. The summed E-state index contributed by atoms with van der Waals surface area (Å²) in [7, 11) is 0. The minimum Gasteiger partial charge on any atom is -0.341 e. The van der Waals surface area contributed by atoms with Gasteiger partial charge in [-0.2, -0.15) is 0 Å². The quantitative estimate of drug-likeness (QED) is 0.902. The van der Waals surface area contributed by atoms with Gasteiger partial charge in [-0.25, -0.2) is 14.8 Å². The van der Waals surface area contributed by atoms with Gasteiger partial charge in [0, 0.05) is 41.3 Å². The number of thiophene rings is 1. The molecule has 0 unspecified atom stereocenters. The molecular weight excluding hydrogens is 310 g/mol. The Morgan fingerprint density at radius 2 is 2.04 bits per heavy atom. The zero-order chi connectivity index (χ0) is 16.1. The molecule has 122 valence electrons. The summed E-state index contributed by atoms with van der Waals surface area (Å²) in [5, 5.41) is 5.98. The smallest absolute Gasteiger partial charge is 0.315 e. The highest BCUT2D eigenvalue weighted by Crippen LogP contribution is 2.16. The second-order valence-corrected chi connectivity index (χ2v) is 7.02. The molecule has 1 aliphatic heterocycles. The number of carbonyl (C=O) groups excluding carboxylic acids is 1. The van der Waals surface area contributed by atoms with E-state index in [9.17, 15) is 4.79 Å². The maximum absolute atomic E-state index is 12.0. The number of carbonyl (C=O) groups is 1. The van der Waals surface area contributed by atoms with Gasteiger partial charge in [0.1, 0.15) is 0 Å². The van der Waals surface area contributed by atoms with Gasteiger partial charge >= 0.3 is 6.03 Å². The Kier molecular flexibility index (Phi) is 5.07. The average Bonchev–Trinajstić information content (AvgIpc) is 3.00. The lowest BCUT2D eigenvalue weighted by Crippen LogP contribution is -2.48. The first-order chi connectivity index (χ1) is 11.2. The number of anilines is 1. The fourth-order valence-electron chi connectivity index (χ4n) is 2.66. The number of piperidine rings is 1. The van der Waals surface area contributed by atoms with Crippen LogP contribution in [-0.4, -0.2) is 35.1 Å². The Morgan fingerprint density at radius 1 is 1.30 bits per heavy atom. The van der Waals surface area contributed by atoms with Crippen molar-refractivity contribution >= 4 is 23.3 Å². The van der Waals surface area contributed by atoms with Crippen molar-refractivity contribution in [3.05, 3.63) is 40.3 Å². The van der Waals surface area contributed by atoms with E-state index in [-0.39, 0.29) is 12.1 Å². The molecule has 3 heterocycles. The standard InChI is InChI=1S/C16H21N5OS/c1-12-3-4-14(23-12)11-19-16(22)20-13-5-9-21(10-6-13)15-17-7-2-8-18-15/h2-4,7-8,13H,5-6,9-11H2,1H3,(H2,19,20,22). The molecule has 0 saturated carbocycles. The Labute approximate surface area is 140 Å². The molecule has 2 N–H and O–H groups in total. The number of hydrogen-bond donors (Lipinski definition) is 2. The summed E-state index contributed by atoms with van der Waals surface area (Å²) in [6.45, 7) is 4.37. The van der Waals surface area contributed by atoms with Crippen molar-refractivity contribution in [2.45, 2.75) is 32.4 Å². The van der Waals surface area contributed by atoms with Crippen molar-refractivity contribution in [3.8, 4) is 0 Å². The molecular formula is C16H21N5OS. The van der Waals surface area contributed by atoms with E-state index in [4.69, 9.17) is 0 Å². The lowest BCUT2D eigenvalue weighted by atomic mass is 10.1. The van der Waals surface area contributed by atoms with Crippen molar-refractivity contribution in [2.75, 3.05) is 18.0 Å². The van der Waals surface area contributed by atoms with Crippen LogP contribution in [0.2, 0.25) is 0 Å². The molecule has 6 nitrogen and oxygen atoms in total. The molecule has 1 aliphatic rings. The first kappa shape index (κ1) is 15.7. The lowest BCUT2D eigenvalue weighted by molar-refractivity contribution is 0.234. The van der Waals surface area contributed by atoms with Crippen molar-refractivity contribution in [2.24, 2.45) is 0 Å². The second-order valence-electron chi connectivity index (χ2n) is 5.65. The number of hydrogen-bond acceptors (Lipinski definition) is 5. The largest absolute Gasteiger partial charge is 0.341 e. The van der Waals surface area contributed by atoms with Gasteiger partial charge < -0.3 is 15.5 Å². The van der Waals surface area contributed by atoms with E-state index in [0.29, 0.717) is 6.54 Å². The van der Waals surface area contributed by atoms with Crippen LogP contribution < -0.4 is 15.5 Å². The van der Waals surface area contributed by atoms with Crippen LogP contribution in [0.1, 0.15) is 22.6 Å². The minimum atomic E-state index is -0.0922. The maximum Gasteiger partial charge on any atom is 0.315 e. The Bertz CT molecular complexity index is 637. The van der Waals surface area contributed by atoms with Crippen LogP contribution >= 0.6 is 11.3 Å². The monoisotopic (exact) mass is 331 g/mol. The highest BCUT2D eigenvalue weighted by molar-refractivity contribution is 7.11. The zero-order valence-corrected chi connectivity index (χ0v) is 14.0. The van der Waals surface area contributed by atoms with Crippen LogP contribution in [-0.2, 0) is 6.54 Å². The van der Waals surface area contributed by atoms with E-state index < -0.39 is 0 Å². The van der Waals surface area contributed by atoms with E-state index in [0.717, 1.165) is 31.9 Å². The molecule has 0 aliphatic carbocycles. The number of amides is 2. The first-order valence-corrected chi connectivity index (χ1v) is 8.64. The third-order valence-electron chi connectivity index (χ3n) is 3.88. The van der Waals surface area contributed by atoms with Crippen molar-refractivity contribution in [3.63, 3.8) is 0 Å². The predicted octanol–water partition coefficient (Wildman–Crippen LogP) is 2.31. The predicted molar refractivity (Wildman–Crippen MR) is 91.7 cm³/mol. The summed E-state index contributed by atoms with van der Waals surface area (Å²) in [5.74, 6) is 0.767. The number of nitrogens with zero attached hydrogens (tertiary/aromatic N) is 3. The van der Waals surface area contributed by atoms with Gasteiger partial charge in [0.2, 0.25) is 5.95 Å². The van der Waals surface area contributed by atoms with Crippen LogP contribution in [0.3, 0.4) is 0 Å². The minimum absolute atomic E-state index is 0.0922. The summed E-state index contributed by atoms with van der Waals surface area (Å²) in [6, 6.07) is 6.06. The Balaban J connectivity index is 1.41. The summed E-state index contributed by atoms with van der Waals surface area (Å²) < 4.78 is 0. The van der Waals surface area contributed by atoms with Crippen LogP contribution in [0.4, 0.5) is 10.7 Å². The number of aromatic nitrogens is 2. The van der Waals surface area contributed by atoms with Crippen LogP contribution in [0.25, 0.3) is 0 Å². The van der Waals surface area contributed by atoms with Gasteiger partial charge in [-0.15, -0.1) is 11.3 Å². The number of rotatable bonds is 4. The summed E-state index contributed by atoms with van der Waals surface area (Å²) in [5.41, 5.74) is 0. The van der Waals surface area contributed by atoms with E-state index >= 15 is 0 Å². The normalized spacial score (nSPS) is 15.4. The van der Waals surface area contributed by atoms with Crippen LogP contribution in [0.5, 0.6) is 0 Å². The number of urea groups is 1. The van der Waals surface area contributed by atoms with Gasteiger partial charge in [-0.3, -0.25) is 0 Å². The highest BCUT2D eigenvalue weighted by Gasteiger charge is 2.21. The van der Waals surface area contributed by atoms with E-state index in [1.54, 1.807) is 23.7 Å². The van der Waals surface area contributed by atoms with Crippen molar-refractivity contribution < 1.29 is 4.79 Å². The molecule has 3 rings (SSSR count). The van der Waals surface area contributed by atoms with Crippen LogP contribution in [0, 0.1) is 6.92 Å². The molecule has 2 aromatic rings. The SMILES string of the molecule is Cc1ccc(CNC(=O)NC2CCN(c3ncccn3)CC2)s1. The summed E-state index contributed by atoms with van der Waals surface area (Å²) in [4.78, 5) is 25.1. The molecule has 2 amide bonds. The molecule has 0 bridgehead atoms. The molecule has 23 heavy (non-hydrogen) atoms. The van der Waals surface area contributed by atoms with Gasteiger partial charge in [0.15, 0.2) is 0 Å². The summed E-state index contributed by atoms with van der Waals surface area (Å²) >= 11 is 1.71. The third kappa shape index (κ3) is 4.41. The van der Waals surface area contributed by atoms with Gasteiger partial charge in [-0.05, 0) is 38.0 Å². The lowest BCUT2D eigenvalue weighted by Gasteiger charge is -2.32. The van der Waals surface area contributed by atoms with E-state index in [1.807, 2.05) is 6.07 Å². The second kappa shape index (κ2) is 7.41. The van der Waals surface area contributed by atoms with E-state index in [1.165, 1.54) is 9.75 Å². The molecule has 0 aromatic carbocycles. The van der Waals surface area contributed by atoms with Gasteiger partial charge in [0.25, 0.3) is 0 Å². The Morgan fingerprint density at radius 3 is 2.70 bits per heavy atom. The number of nitrogens with one attached hydrogen (secondary N) is 2. The van der Waals surface area contributed by atoms with Crippen LogP contribution in [0.15, 0.2) is 30.6 Å². The topological polar surface area (TPSA) is 70.2 Å². The fraction of sp³-hybridized carbons (Fsp3) is 0.438. The molecule has 0 radical (unpaired) electrons. The zero-order valence-electron chi connectivity index (χ0n) is 13.2. The highest BCUT2D eigenvalue weighted by atomic mass is 32.1. The van der Waals surface area contributed by atoms with Gasteiger partial charge in [0.05, 0.1) is 6.54 Å². The van der Waals surface area contributed by atoms with E-state index in [2.05, 4.69) is 44.6 Å². The molecule has 0 spiro atoms.